The molecule has 142 valence electrons. The van der Waals surface area contributed by atoms with Gasteiger partial charge in [0.15, 0.2) is 0 Å². The fourth-order valence-corrected chi connectivity index (χ4v) is 3.74. The van der Waals surface area contributed by atoms with Gasteiger partial charge in [-0.2, -0.15) is 0 Å². The molecule has 2 N–H and O–H groups in total. The Kier molecular flexibility index (Phi) is 5.94. The van der Waals surface area contributed by atoms with Crippen molar-refractivity contribution in [1.82, 2.24) is 5.32 Å². The number of benzene rings is 1. The highest BCUT2D eigenvalue weighted by atomic mass is 16.6. The zero-order chi connectivity index (χ0) is 18.6. The van der Waals surface area contributed by atoms with E-state index < -0.39 is 11.5 Å². The van der Waals surface area contributed by atoms with Crippen molar-refractivity contribution in [1.29, 1.82) is 0 Å². The van der Waals surface area contributed by atoms with Crippen LogP contribution in [0.4, 0.5) is 0 Å². The predicted octanol–water partition coefficient (Wildman–Crippen LogP) is 2.17. The molecule has 2 atom stereocenters. The zero-order valence-electron chi connectivity index (χ0n) is 15.5. The number of hydrogen-bond donors (Lipinski definition) is 2. The van der Waals surface area contributed by atoms with Crippen molar-refractivity contribution in [3.8, 4) is 0 Å². The van der Waals surface area contributed by atoms with Crippen molar-refractivity contribution >= 4 is 11.6 Å². The summed E-state index contributed by atoms with van der Waals surface area (Å²) in [6.45, 7) is 5.13. The molecule has 1 aromatic rings. The summed E-state index contributed by atoms with van der Waals surface area (Å²) < 4.78 is 5.47. The maximum absolute atomic E-state index is 12.8. The number of amides is 1. The Labute approximate surface area is 154 Å². The molecule has 3 rings (SSSR count). The second kappa shape index (κ2) is 8.18. The third kappa shape index (κ3) is 4.24. The number of nitrogens with zero attached hydrogens (tertiary/aromatic N) is 1. The molecule has 1 amide bonds. The fourth-order valence-electron chi connectivity index (χ4n) is 3.74. The van der Waals surface area contributed by atoms with E-state index in [1.54, 1.807) is 6.92 Å². The molecule has 2 heterocycles. The van der Waals surface area contributed by atoms with Crippen molar-refractivity contribution in [3.63, 3.8) is 0 Å². The Morgan fingerprint density at radius 3 is 2.81 bits per heavy atom. The van der Waals surface area contributed by atoms with Crippen LogP contribution in [0.25, 0.3) is 0 Å². The molecule has 1 aromatic carbocycles. The minimum absolute atomic E-state index is 0.0189. The molecule has 0 radical (unpaired) electrons. The summed E-state index contributed by atoms with van der Waals surface area (Å²) in [6.07, 6.45) is 1.98. The van der Waals surface area contributed by atoms with Crippen LogP contribution in [0.3, 0.4) is 0 Å². The largest absolute Gasteiger partial charge is 0.392 e. The Morgan fingerprint density at radius 2 is 2.12 bits per heavy atom. The lowest BCUT2D eigenvalue weighted by Crippen LogP contribution is -2.48. The number of nitrogens with one attached hydrogen (secondary N) is 1. The number of rotatable bonds is 6. The van der Waals surface area contributed by atoms with Gasteiger partial charge in [-0.25, -0.2) is 0 Å². The van der Waals surface area contributed by atoms with Gasteiger partial charge in [0.1, 0.15) is 6.10 Å². The van der Waals surface area contributed by atoms with E-state index in [1.807, 2.05) is 12.1 Å². The first-order valence-corrected chi connectivity index (χ1v) is 9.33. The molecular weight excluding hydrogens is 332 g/mol. The molecule has 0 bridgehead atoms. The summed E-state index contributed by atoms with van der Waals surface area (Å²) in [6, 6.07) is 8.13. The van der Waals surface area contributed by atoms with Gasteiger partial charge in [0.2, 0.25) is 5.91 Å². The van der Waals surface area contributed by atoms with Crippen LogP contribution in [0.2, 0.25) is 0 Å². The van der Waals surface area contributed by atoms with E-state index in [2.05, 4.69) is 29.5 Å². The molecule has 6 heteroatoms. The van der Waals surface area contributed by atoms with Crippen LogP contribution in [0, 0.1) is 12.3 Å². The number of aryl methyl sites for hydroxylation is 1. The Hall–Kier alpha value is -1.92. The minimum atomic E-state index is -0.561. The van der Waals surface area contributed by atoms with E-state index in [0.717, 1.165) is 11.3 Å². The number of aliphatic hydroxyl groups excluding tert-OH is 1. The van der Waals surface area contributed by atoms with Crippen LogP contribution in [-0.2, 0) is 14.4 Å². The van der Waals surface area contributed by atoms with E-state index >= 15 is 0 Å². The second-order valence-electron chi connectivity index (χ2n) is 7.44. The van der Waals surface area contributed by atoms with Crippen molar-refractivity contribution in [2.24, 2.45) is 10.6 Å². The van der Waals surface area contributed by atoms with Crippen molar-refractivity contribution in [2.45, 2.75) is 51.7 Å². The summed E-state index contributed by atoms with van der Waals surface area (Å²) >= 11 is 0. The van der Waals surface area contributed by atoms with Gasteiger partial charge in [-0.15, -0.1) is 0 Å². The van der Waals surface area contributed by atoms with Crippen LogP contribution < -0.4 is 5.32 Å². The summed E-state index contributed by atoms with van der Waals surface area (Å²) in [4.78, 5) is 18.5. The highest BCUT2D eigenvalue weighted by molar-refractivity contribution is 6.02. The first-order chi connectivity index (χ1) is 12.5. The van der Waals surface area contributed by atoms with E-state index in [9.17, 15) is 9.90 Å². The normalized spacial score (nSPS) is 23.0. The predicted molar refractivity (Wildman–Crippen MR) is 99.0 cm³/mol. The molecule has 2 aliphatic heterocycles. The van der Waals surface area contributed by atoms with E-state index in [4.69, 9.17) is 9.57 Å². The Balaban J connectivity index is 1.67. The van der Waals surface area contributed by atoms with Crippen LogP contribution in [0.1, 0.15) is 43.7 Å². The SMILES string of the molecule is Cc1ccccc1C1=NO[C@H](CC2(C(=O)NC[C@H](C)O)CCOCC2)C1. The molecule has 0 aromatic heterocycles. The molecule has 0 unspecified atom stereocenters. The summed E-state index contributed by atoms with van der Waals surface area (Å²) in [5.74, 6) is -0.0189. The maximum atomic E-state index is 12.8. The number of oxime groups is 1. The molecule has 1 fully saturated rings. The van der Waals surface area contributed by atoms with Crippen LogP contribution in [-0.4, -0.2) is 48.7 Å². The van der Waals surface area contributed by atoms with Crippen molar-refractivity contribution in [3.05, 3.63) is 35.4 Å². The number of hydrogen-bond acceptors (Lipinski definition) is 5. The smallest absolute Gasteiger partial charge is 0.226 e. The molecule has 0 spiro atoms. The number of carbonyl (C=O) groups is 1. The van der Waals surface area contributed by atoms with Crippen LogP contribution in [0.15, 0.2) is 29.4 Å². The zero-order valence-corrected chi connectivity index (χ0v) is 15.5. The van der Waals surface area contributed by atoms with Crippen molar-refractivity contribution < 1.29 is 19.5 Å². The van der Waals surface area contributed by atoms with E-state index in [1.165, 1.54) is 5.56 Å². The van der Waals surface area contributed by atoms with Gasteiger partial charge in [0.25, 0.3) is 0 Å². The Morgan fingerprint density at radius 1 is 1.38 bits per heavy atom. The van der Waals surface area contributed by atoms with Crippen molar-refractivity contribution in [2.75, 3.05) is 19.8 Å². The molecule has 2 aliphatic rings. The maximum Gasteiger partial charge on any atom is 0.226 e. The first-order valence-electron chi connectivity index (χ1n) is 9.33. The lowest BCUT2D eigenvalue weighted by Gasteiger charge is -2.37. The highest BCUT2D eigenvalue weighted by Gasteiger charge is 2.43. The van der Waals surface area contributed by atoms with E-state index in [-0.39, 0.29) is 18.6 Å². The first kappa shape index (κ1) is 18.9. The Bertz CT molecular complexity index is 666. The third-order valence-corrected chi connectivity index (χ3v) is 5.30. The highest BCUT2D eigenvalue weighted by Crippen LogP contribution is 2.38. The fraction of sp³-hybridized carbons (Fsp3) is 0.600. The van der Waals surface area contributed by atoms with Gasteiger partial charge in [0, 0.05) is 38.2 Å². The molecule has 0 saturated carbocycles. The number of aliphatic hydroxyl groups is 1. The topological polar surface area (TPSA) is 80.2 Å². The monoisotopic (exact) mass is 360 g/mol. The molecule has 26 heavy (non-hydrogen) atoms. The average molecular weight is 360 g/mol. The second-order valence-corrected chi connectivity index (χ2v) is 7.44. The van der Waals surface area contributed by atoms with Gasteiger partial charge in [-0.1, -0.05) is 29.4 Å². The number of ether oxygens (including phenoxy) is 1. The van der Waals surface area contributed by atoms with E-state index in [0.29, 0.717) is 38.9 Å². The average Bonchev–Trinajstić information content (AvgIpc) is 3.08. The molecule has 6 nitrogen and oxygen atoms in total. The summed E-state index contributed by atoms with van der Waals surface area (Å²) in [7, 11) is 0. The molecule has 0 aliphatic carbocycles. The van der Waals surface area contributed by atoms with Gasteiger partial charge in [0.05, 0.1) is 17.2 Å². The quantitative estimate of drug-likeness (QED) is 0.815. The van der Waals surface area contributed by atoms with Gasteiger partial charge >= 0.3 is 0 Å². The standard InChI is InChI=1S/C20H28N2O4/c1-14-5-3-4-6-17(14)18-11-16(26-22-18)12-20(7-9-25-10-8-20)19(24)21-13-15(2)23/h3-6,15-16,23H,7-13H2,1-2H3,(H,21,24)/t15-,16-/m0/s1. The van der Waals surface area contributed by atoms with Gasteiger partial charge in [-0.3, -0.25) is 4.79 Å². The number of carbonyl (C=O) groups excluding carboxylic acids is 1. The minimum Gasteiger partial charge on any atom is -0.392 e. The third-order valence-electron chi connectivity index (χ3n) is 5.30. The summed E-state index contributed by atoms with van der Waals surface area (Å²) in [5.41, 5.74) is 2.70. The van der Waals surface area contributed by atoms with Gasteiger partial charge < -0.3 is 20.0 Å². The van der Waals surface area contributed by atoms with Crippen LogP contribution >= 0.6 is 0 Å². The molecule has 1 saturated heterocycles. The summed E-state index contributed by atoms with van der Waals surface area (Å²) in [5, 5.41) is 16.6. The lowest BCUT2D eigenvalue weighted by molar-refractivity contribution is -0.140. The molecular formula is C20H28N2O4. The van der Waals surface area contributed by atoms with Gasteiger partial charge in [-0.05, 0) is 32.3 Å². The van der Waals surface area contributed by atoms with Crippen LogP contribution in [0.5, 0.6) is 0 Å². The lowest BCUT2D eigenvalue weighted by atomic mass is 9.74.